The highest BCUT2D eigenvalue weighted by Gasteiger charge is 2.29. The Labute approximate surface area is 98.5 Å². The molecule has 1 fully saturated rings. The largest absolute Gasteiger partial charge is 0.385 e. The Bertz CT molecular complexity index is 360. The van der Waals surface area contributed by atoms with E-state index >= 15 is 0 Å². The van der Waals surface area contributed by atoms with Gasteiger partial charge in [0.15, 0.2) is 0 Å². The Morgan fingerprint density at radius 3 is 2.12 bits per heavy atom. The molecule has 0 radical (unpaired) electrons. The van der Waals surface area contributed by atoms with E-state index in [1.807, 2.05) is 0 Å². The highest BCUT2D eigenvalue weighted by Crippen LogP contribution is 2.36. The van der Waals surface area contributed by atoms with Crippen LogP contribution in [0.4, 0.5) is 0 Å². The molecule has 1 N–H and O–H groups in total. The van der Waals surface area contributed by atoms with E-state index in [0.29, 0.717) is 0 Å². The van der Waals surface area contributed by atoms with Crippen molar-refractivity contribution in [3.63, 3.8) is 0 Å². The molecule has 0 amide bonds. The quantitative estimate of drug-likeness (QED) is 0.710. The third-order valence-electron chi connectivity index (χ3n) is 3.97. The molecule has 1 heteroatoms. The summed E-state index contributed by atoms with van der Waals surface area (Å²) in [5, 5.41) is 10.7. The maximum Gasteiger partial charge on any atom is 0.0896 e. The number of benzene rings is 1. The maximum absolute atomic E-state index is 10.7. The molecule has 1 aliphatic rings. The maximum atomic E-state index is 10.7. The Balaban J connectivity index is 2.29. The molecule has 0 bridgehead atoms. The van der Waals surface area contributed by atoms with Gasteiger partial charge in [0, 0.05) is 0 Å². The van der Waals surface area contributed by atoms with E-state index in [9.17, 15) is 5.11 Å². The van der Waals surface area contributed by atoms with Crippen molar-refractivity contribution >= 4 is 0 Å². The first-order valence-electron chi connectivity index (χ1n) is 6.42. The van der Waals surface area contributed by atoms with Crippen molar-refractivity contribution in [3.8, 4) is 0 Å². The van der Waals surface area contributed by atoms with E-state index in [4.69, 9.17) is 0 Å². The van der Waals surface area contributed by atoms with Crippen LogP contribution >= 0.6 is 0 Å². The molecule has 0 saturated heterocycles. The van der Waals surface area contributed by atoms with Gasteiger partial charge in [-0.25, -0.2) is 0 Å². The second-order valence-corrected chi connectivity index (χ2v) is 5.24. The van der Waals surface area contributed by atoms with Crippen molar-refractivity contribution in [2.45, 2.75) is 58.0 Å². The van der Waals surface area contributed by atoms with Crippen LogP contribution < -0.4 is 0 Å². The molecule has 1 nitrogen and oxygen atoms in total. The van der Waals surface area contributed by atoms with E-state index < -0.39 is 5.60 Å². The topological polar surface area (TPSA) is 20.2 Å². The van der Waals surface area contributed by atoms with Crippen LogP contribution in [-0.2, 0) is 5.60 Å². The molecule has 1 aromatic carbocycles. The van der Waals surface area contributed by atoms with Crippen molar-refractivity contribution < 1.29 is 5.11 Å². The minimum absolute atomic E-state index is 0.561. The Kier molecular flexibility index (Phi) is 3.34. The van der Waals surface area contributed by atoms with E-state index in [1.165, 1.54) is 24.0 Å². The van der Waals surface area contributed by atoms with Gasteiger partial charge in [-0.2, -0.15) is 0 Å². The second-order valence-electron chi connectivity index (χ2n) is 5.24. The van der Waals surface area contributed by atoms with Crippen molar-refractivity contribution in [2.75, 3.05) is 0 Å². The van der Waals surface area contributed by atoms with Gasteiger partial charge in [-0.1, -0.05) is 43.9 Å². The molecule has 1 aliphatic carbocycles. The first kappa shape index (κ1) is 11.7. The first-order valence-corrected chi connectivity index (χ1v) is 6.42. The van der Waals surface area contributed by atoms with Crippen LogP contribution in [0.5, 0.6) is 0 Å². The molecular formula is C15H22O. The van der Waals surface area contributed by atoms with Crippen LogP contribution in [0, 0.1) is 13.8 Å². The summed E-state index contributed by atoms with van der Waals surface area (Å²) in [5.41, 5.74) is 3.16. The zero-order chi connectivity index (χ0) is 11.6. The van der Waals surface area contributed by atoms with Crippen molar-refractivity contribution in [1.82, 2.24) is 0 Å². The lowest BCUT2D eigenvalue weighted by molar-refractivity contribution is 0.0206. The van der Waals surface area contributed by atoms with Gasteiger partial charge in [0.25, 0.3) is 0 Å². The van der Waals surface area contributed by atoms with Gasteiger partial charge < -0.3 is 5.11 Å². The molecule has 0 aliphatic heterocycles. The summed E-state index contributed by atoms with van der Waals surface area (Å²) < 4.78 is 0. The van der Waals surface area contributed by atoms with Gasteiger partial charge in [0.05, 0.1) is 5.60 Å². The Morgan fingerprint density at radius 2 is 1.56 bits per heavy atom. The Morgan fingerprint density at radius 1 is 0.938 bits per heavy atom. The predicted molar refractivity (Wildman–Crippen MR) is 67.5 cm³/mol. The first-order chi connectivity index (χ1) is 7.62. The van der Waals surface area contributed by atoms with Crippen LogP contribution in [0.25, 0.3) is 0 Å². The van der Waals surface area contributed by atoms with E-state index in [2.05, 4.69) is 32.0 Å². The highest BCUT2D eigenvalue weighted by atomic mass is 16.3. The standard InChI is InChI=1S/C15H22O/c1-12-7-8-14(11-13(12)2)15(16)9-5-3-4-6-10-15/h7-8,11,16H,3-6,9-10H2,1-2H3. The third-order valence-corrected chi connectivity index (χ3v) is 3.97. The van der Waals surface area contributed by atoms with Gasteiger partial charge in [-0.15, -0.1) is 0 Å². The van der Waals surface area contributed by atoms with Gasteiger partial charge in [-0.3, -0.25) is 0 Å². The fourth-order valence-electron chi connectivity index (χ4n) is 2.63. The summed E-state index contributed by atoms with van der Waals surface area (Å²) in [6.07, 6.45) is 6.71. The Hall–Kier alpha value is -0.820. The van der Waals surface area contributed by atoms with E-state index in [-0.39, 0.29) is 0 Å². The zero-order valence-electron chi connectivity index (χ0n) is 10.4. The molecule has 2 rings (SSSR count). The third kappa shape index (κ3) is 2.30. The molecule has 0 unspecified atom stereocenters. The van der Waals surface area contributed by atoms with Gasteiger partial charge in [0.1, 0.15) is 0 Å². The molecule has 16 heavy (non-hydrogen) atoms. The fourth-order valence-corrected chi connectivity index (χ4v) is 2.63. The van der Waals surface area contributed by atoms with Crippen molar-refractivity contribution in [1.29, 1.82) is 0 Å². The summed E-state index contributed by atoms with van der Waals surface area (Å²) in [4.78, 5) is 0. The van der Waals surface area contributed by atoms with Crippen molar-refractivity contribution in [2.24, 2.45) is 0 Å². The van der Waals surface area contributed by atoms with Crippen LogP contribution in [0.3, 0.4) is 0 Å². The monoisotopic (exact) mass is 218 g/mol. The molecular weight excluding hydrogens is 196 g/mol. The lowest BCUT2D eigenvalue weighted by atomic mass is 9.85. The van der Waals surface area contributed by atoms with Gasteiger partial charge in [-0.05, 0) is 43.4 Å². The molecule has 1 aromatic rings. The number of hydrogen-bond acceptors (Lipinski definition) is 1. The predicted octanol–water partition coefficient (Wildman–Crippen LogP) is 3.85. The number of rotatable bonds is 1. The van der Waals surface area contributed by atoms with Crippen molar-refractivity contribution in [3.05, 3.63) is 34.9 Å². The molecule has 88 valence electrons. The average molecular weight is 218 g/mol. The average Bonchev–Trinajstić information content (AvgIpc) is 2.48. The molecule has 0 spiro atoms. The second kappa shape index (κ2) is 4.58. The summed E-state index contributed by atoms with van der Waals surface area (Å²) in [6.45, 7) is 4.25. The number of hydrogen-bond donors (Lipinski definition) is 1. The number of aryl methyl sites for hydroxylation is 2. The SMILES string of the molecule is Cc1ccc(C2(O)CCCCCC2)cc1C. The smallest absolute Gasteiger partial charge is 0.0896 e. The van der Waals surface area contributed by atoms with Gasteiger partial charge >= 0.3 is 0 Å². The van der Waals surface area contributed by atoms with Gasteiger partial charge in [0.2, 0.25) is 0 Å². The lowest BCUT2D eigenvalue weighted by Crippen LogP contribution is -2.24. The van der Waals surface area contributed by atoms with E-state index in [0.717, 1.165) is 31.2 Å². The summed E-state index contributed by atoms with van der Waals surface area (Å²) in [7, 11) is 0. The molecule has 0 atom stereocenters. The zero-order valence-corrected chi connectivity index (χ0v) is 10.4. The fraction of sp³-hybridized carbons (Fsp3) is 0.600. The van der Waals surface area contributed by atoms with E-state index in [1.54, 1.807) is 0 Å². The van der Waals surface area contributed by atoms with Crippen LogP contribution in [0.2, 0.25) is 0 Å². The summed E-state index contributed by atoms with van der Waals surface area (Å²) in [6, 6.07) is 6.40. The van der Waals surface area contributed by atoms with Crippen LogP contribution in [-0.4, -0.2) is 5.11 Å². The van der Waals surface area contributed by atoms with Crippen LogP contribution in [0.1, 0.15) is 55.2 Å². The summed E-state index contributed by atoms with van der Waals surface area (Å²) in [5.74, 6) is 0. The normalized spacial score (nSPS) is 20.4. The molecule has 0 heterocycles. The summed E-state index contributed by atoms with van der Waals surface area (Å²) >= 11 is 0. The molecule has 1 saturated carbocycles. The minimum atomic E-state index is -0.561. The number of aliphatic hydroxyl groups is 1. The van der Waals surface area contributed by atoms with Crippen LogP contribution in [0.15, 0.2) is 18.2 Å². The molecule has 0 aromatic heterocycles. The highest BCUT2D eigenvalue weighted by molar-refractivity contribution is 5.33. The lowest BCUT2D eigenvalue weighted by Gasteiger charge is -2.27. The minimum Gasteiger partial charge on any atom is -0.385 e.